The summed E-state index contributed by atoms with van der Waals surface area (Å²) < 4.78 is 1.92. The molecule has 4 aromatic rings. The number of aromatic nitrogens is 2. The van der Waals surface area contributed by atoms with Crippen molar-refractivity contribution in [3.63, 3.8) is 0 Å². The van der Waals surface area contributed by atoms with E-state index < -0.39 is 0 Å². The molecule has 3 aromatic carbocycles. The number of nitrogens with zero attached hydrogens (tertiary/aromatic N) is 2. The van der Waals surface area contributed by atoms with Crippen molar-refractivity contribution in [1.29, 1.82) is 0 Å². The van der Waals surface area contributed by atoms with E-state index in [0.29, 0.717) is 5.92 Å². The summed E-state index contributed by atoms with van der Waals surface area (Å²) in [5.74, 6) is 0.445. The number of likely N-dealkylation sites (N-methyl/N-ethyl adjacent to an activating group) is 1. The van der Waals surface area contributed by atoms with Crippen LogP contribution in [0.4, 0.5) is 0 Å². The first-order chi connectivity index (χ1) is 16.6. The molecule has 170 valence electrons. The van der Waals surface area contributed by atoms with Crippen molar-refractivity contribution >= 4 is 34.0 Å². The Labute approximate surface area is 200 Å². The number of benzene rings is 3. The van der Waals surface area contributed by atoms with Gasteiger partial charge in [-0.15, -0.1) is 0 Å². The van der Waals surface area contributed by atoms with E-state index in [-0.39, 0.29) is 5.91 Å². The lowest BCUT2D eigenvalue weighted by atomic mass is 9.73. The van der Waals surface area contributed by atoms with Gasteiger partial charge in [-0.1, -0.05) is 67.1 Å². The highest BCUT2D eigenvalue weighted by Gasteiger charge is 2.27. The summed E-state index contributed by atoms with van der Waals surface area (Å²) in [6.07, 6.45) is 9.06. The molecule has 1 heterocycles. The standard InChI is InChI=1S/C30H29N3O/c1-31-28(34)18-13-21-11-14-24(15-12-21)30(25-16-17-27-26(19-25)20-32-33(27)2)29(23-9-6-10-23)22-7-4-3-5-8-22/h3-5,7-8,11-20,23H,6,9-10H2,1-2H3,(H,31,34)/b18-13+,30-29-. The predicted octanol–water partition coefficient (Wildman–Crippen LogP) is 6.09. The van der Waals surface area contributed by atoms with Gasteiger partial charge in [0.25, 0.3) is 0 Å². The van der Waals surface area contributed by atoms with Gasteiger partial charge in [0.05, 0.1) is 11.7 Å². The van der Waals surface area contributed by atoms with Crippen molar-refractivity contribution < 1.29 is 4.79 Å². The molecule has 0 atom stereocenters. The van der Waals surface area contributed by atoms with E-state index in [4.69, 9.17) is 0 Å². The summed E-state index contributed by atoms with van der Waals surface area (Å²) in [6, 6.07) is 26.0. The fraction of sp³-hybridized carbons (Fsp3) is 0.200. The van der Waals surface area contributed by atoms with Crippen LogP contribution in [-0.2, 0) is 11.8 Å². The van der Waals surface area contributed by atoms with Crippen molar-refractivity contribution in [2.75, 3.05) is 7.05 Å². The first kappa shape index (κ1) is 21.9. The molecule has 0 saturated heterocycles. The van der Waals surface area contributed by atoms with Crippen LogP contribution < -0.4 is 5.32 Å². The Morgan fingerprint density at radius 3 is 2.38 bits per heavy atom. The van der Waals surface area contributed by atoms with Crippen LogP contribution >= 0.6 is 0 Å². The lowest BCUT2D eigenvalue weighted by Gasteiger charge is -2.31. The number of fused-ring (bicyclic) bond motifs is 1. The topological polar surface area (TPSA) is 46.9 Å². The van der Waals surface area contributed by atoms with Crippen molar-refractivity contribution in [2.45, 2.75) is 19.3 Å². The number of hydrogen-bond acceptors (Lipinski definition) is 2. The molecule has 1 saturated carbocycles. The van der Waals surface area contributed by atoms with Gasteiger partial charge in [-0.05, 0) is 70.4 Å². The summed E-state index contributed by atoms with van der Waals surface area (Å²) >= 11 is 0. The second-order valence-electron chi connectivity index (χ2n) is 8.89. The number of carbonyl (C=O) groups is 1. The first-order valence-corrected chi connectivity index (χ1v) is 11.9. The summed E-state index contributed by atoms with van der Waals surface area (Å²) in [7, 11) is 3.62. The molecule has 1 fully saturated rings. The van der Waals surface area contributed by atoms with Crippen LogP contribution in [0.3, 0.4) is 0 Å². The largest absolute Gasteiger partial charge is 0.356 e. The van der Waals surface area contributed by atoms with Gasteiger partial charge in [0.1, 0.15) is 0 Å². The lowest BCUT2D eigenvalue weighted by Crippen LogP contribution is -2.15. The zero-order valence-corrected chi connectivity index (χ0v) is 19.7. The summed E-state index contributed by atoms with van der Waals surface area (Å²) in [5, 5.41) is 8.21. The maximum absolute atomic E-state index is 11.6. The quantitative estimate of drug-likeness (QED) is 0.287. The fourth-order valence-electron chi connectivity index (χ4n) is 4.71. The number of amides is 1. The molecular weight excluding hydrogens is 418 g/mol. The third kappa shape index (κ3) is 4.32. The minimum absolute atomic E-state index is 0.106. The van der Waals surface area contributed by atoms with Crippen molar-refractivity contribution in [3.8, 4) is 0 Å². The van der Waals surface area contributed by atoms with Crippen LogP contribution in [0.1, 0.15) is 41.5 Å². The van der Waals surface area contributed by atoms with Gasteiger partial charge in [0, 0.05) is 25.6 Å². The Balaban J connectivity index is 1.69. The van der Waals surface area contributed by atoms with Gasteiger partial charge >= 0.3 is 0 Å². The molecule has 1 aliphatic carbocycles. The van der Waals surface area contributed by atoms with E-state index in [1.807, 2.05) is 24.0 Å². The number of hydrogen-bond donors (Lipinski definition) is 1. The summed E-state index contributed by atoms with van der Waals surface area (Å²) in [4.78, 5) is 11.6. The Morgan fingerprint density at radius 1 is 0.971 bits per heavy atom. The Morgan fingerprint density at radius 2 is 1.71 bits per heavy atom. The zero-order valence-electron chi connectivity index (χ0n) is 19.7. The predicted molar refractivity (Wildman–Crippen MR) is 140 cm³/mol. The van der Waals surface area contributed by atoms with Gasteiger partial charge < -0.3 is 5.32 Å². The van der Waals surface area contributed by atoms with E-state index in [2.05, 4.69) is 83.2 Å². The summed E-state index contributed by atoms with van der Waals surface area (Å²) in [6.45, 7) is 0. The normalized spacial score (nSPS) is 14.8. The number of allylic oxidation sites excluding steroid dienone is 1. The molecule has 1 aliphatic rings. The molecule has 4 nitrogen and oxygen atoms in total. The Hall–Kier alpha value is -3.92. The number of carbonyl (C=O) groups excluding carboxylic acids is 1. The number of rotatable bonds is 6. The smallest absolute Gasteiger partial charge is 0.243 e. The van der Waals surface area contributed by atoms with Gasteiger partial charge in [-0.25, -0.2) is 0 Å². The zero-order chi connectivity index (χ0) is 23.5. The minimum Gasteiger partial charge on any atom is -0.356 e. The molecule has 1 aromatic heterocycles. The average molecular weight is 448 g/mol. The van der Waals surface area contributed by atoms with E-state index in [1.54, 1.807) is 13.1 Å². The van der Waals surface area contributed by atoms with Crippen molar-refractivity contribution in [2.24, 2.45) is 13.0 Å². The maximum Gasteiger partial charge on any atom is 0.243 e. The maximum atomic E-state index is 11.6. The third-order valence-electron chi connectivity index (χ3n) is 6.78. The van der Waals surface area contributed by atoms with Crippen LogP contribution in [-0.4, -0.2) is 22.7 Å². The van der Waals surface area contributed by atoms with E-state index >= 15 is 0 Å². The Kier molecular flexibility index (Phi) is 6.13. The highest BCUT2D eigenvalue weighted by atomic mass is 16.1. The van der Waals surface area contributed by atoms with Gasteiger partial charge in [0.15, 0.2) is 0 Å². The van der Waals surface area contributed by atoms with Crippen LogP contribution in [0, 0.1) is 5.92 Å². The first-order valence-electron chi connectivity index (χ1n) is 11.9. The van der Waals surface area contributed by atoms with E-state index in [1.165, 1.54) is 47.1 Å². The van der Waals surface area contributed by atoms with Crippen LogP contribution in [0.15, 0.2) is 85.1 Å². The van der Waals surface area contributed by atoms with Gasteiger partial charge in [-0.3, -0.25) is 9.48 Å². The Bertz CT molecular complexity index is 1370. The lowest BCUT2D eigenvalue weighted by molar-refractivity contribution is -0.115. The van der Waals surface area contributed by atoms with Crippen LogP contribution in [0.5, 0.6) is 0 Å². The van der Waals surface area contributed by atoms with E-state index in [9.17, 15) is 4.79 Å². The van der Waals surface area contributed by atoms with Gasteiger partial charge in [0.2, 0.25) is 5.91 Å². The average Bonchev–Trinajstić information content (AvgIpc) is 3.22. The molecule has 5 rings (SSSR count). The molecule has 0 bridgehead atoms. The van der Waals surface area contributed by atoms with E-state index in [0.717, 1.165) is 16.5 Å². The molecule has 1 amide bonds. The molecule has 0 unspecified atom stereocenters. The van der Waals surface area contributed by atoms with Gasteiger partial charge in [-0.2, -0.15) is 5.10 Å². The highest BCUT2D eigenvalue weighted by Crippen LogP contribution is 2.45. The van der Waals surface area contributed by atoms with Crippen molar-refractivity contribution in [3.05, 3.63) is 107 Å². The number of nitrogens with one attached hydrogen (secondary N) is 1. The molecule has 1 N–H and O–H groups in total. The molecule has 0 spiro atoms. The van der Waals surface area contributed by atoms with Crippen molar-refractivity contribution in [1.82, 2.24) is 15.1 Å². The SMILES string of the molecule is CNC(=O)/C=C/c1ccc(/C(=C(\c2ccccc2)C2CCC2)c2ccc3c(cnn3C)c2)cc1. The minimum atomic E-state index is -0.106. The molecule has 34 heavy (non-hydrogen) atoms. The monoisotopic (exact) mass is 447 g/mol. The highest BCUT2D eigenvalue weighted by molar-refractivity contribution is 6.01. The molecular formula is C30H29N3O. The molecule has 0 radical (unpaired) electrons. The fourth-order valence-corrected chi connectivity index (χ4v) is 4.71. The second-order valence-corrected chi connectivity index (χ2v) is 8.89. The molecule has 0 aliphatic heterocycles. The molecule has 4 heteroatoms. The summed E-state index contributed by atoms with van der Waals surface area (Å²) in [5.41, 5.74) is 8.51. The van der Waals surface area contributed by atoms with Crippen LogP contribution in [0.25, 0.3) is 28.1 Å². The third-order valence-corrected chi connectivity index (χ3v) is 6.78. The second kappa shape index (κ2) is 9.52. The number of aryl methyl sites for hydroxylation is 1. The van der Waals surface area contributed by atoms with Crippen LogP contribution in [0.2, 0.25) is 0 Å².